The lowest BCUT2D eigenvalue weighted by atomic mass is 9.66. The minimum atomic E-state index is -0.715. The molecule has 1 aliphatic carbocycles. The number of hydrogen-bond donors (Lipinski definition) is 0. The molecule has 4 nitrogen and oxygen atoms in total. The summed E-state index contributed by atoms with van der Waals surface area (Å²) >= 11 is 3.55. The van der Waals surface area contributed by atoms with E-state index in [4.69, 9.17) is 19.9 Å². The first-order valence-electron chi connectivity index (χ1n) is 21.1. The van der Waals surface area contributed by atoms with Crippen molar-refractivity contribution in [2.45, 2.75) is 5.41 Å². The third-order valence-electron chi connectivity index (χ3n) is 12.8. The molecule has 6 aromatic heterocycles. The van der Waals surface area contributed by atoms with Crippen molar-refractivity contribution in [3.63, 3.8) is 0 Å². The molecule has 13 rings (SSSR count). The van der Waals surface area contributed by atoms with Gasteiger partial charge in [0.2, 0.25) is 0 Å². The fourth-order valence-corrected chi connectivity index (χ4v) is 11.3. The Bertz CT molecular complexity index is 3510. The maximum absolute atomic E-state index is 5.35. The minimum absolute atomic E-state index is 0.715. The van der Waals surface area contributed by atoms with Crippen molar-refractivity contribution >= 4 is 66.3 Å². The Kier molecular flexibility index (Phi) is 8.13. The summed E-state index contributed by atoms with van der Waals surface area (Å²) in [6.07, 6.45) is 3.70. The molecule has 0 fully saturated rings. The van der Waals surface area contributed by atoms with E-state index in [0.717, 1.165) is 66.1 Å². The van der Waals surface area contributed by atoms with E-state index in [1.54, 1.807) is 22.7 Å². The van der Waals surface area contributed by atoms with Crippen LogP contribution in [0, 0.1) is 0 Å². The highest BCUT2D eigenvalue weighted by atomic mass is 32.1. The number of thiophene rings is 2. The lowest BCUT2D eigenvalue weighted by Crippen LogP contribution is -2.29. The molecule has 0 saturated carbocycles. The van der Waals surface area contributed by atoms with E-state index in [1.807, 2.05) is 24.5 Å². The quantitative estimate of drug-likeness (QED) is 0.157. The molecule has 0 atom stereocenters. The van der Waals surface area contributed by atoms with Crippen molar-refractivity contribution in [1.82, 2.24) is 19.9 Å². The van der Waals surface area contributed by atoms with E-state index in [9.17, 15) is 0 Å². The van der Waals surface area contributed by atoms with Gasteiger partial charge >= 0.3 is 0 Å². The zero-order valence-electron chi connectivity index (χ0n) is 33.7. The van der Waals surface area contributed by atoms with Crippen LogP contribution in [0.5, 0.6) is 0 Å². The molecule has 6 aromatic carbocycles. The van der Waals surface area contributed by atoms with Gasteiger partial charge in [-0.3, -0.25) is 9.97 Å². The summed E-state index contributed by atoms with van der Waals surface area (Å²) < 4.78 is 0. The molecular formula is C57H34N4S2. The van der Waals surface area contributed by atoms with Crippen molar-refractivity contribution in [1.29, 1.82) is 0 Å². The number of aromatic nitrogens is 4. The topological polar surface area (TPSA) is 51.6 Å². The minimum Gasteiger partial charge on any atom is -0.254 e. The van der Waals surface area contributed by atoms with Crippen LogP contribution in [0.4, 0.5) is 0 Å². The largest absolute Gasteiger partial charge is 0.254 e. The molecular weight excluding hydrogens is 805 g/mol. The fraction of sp³-hybridized carbons (Fsp3) is 0.0175. The molecule has 0 amide bonds. The van der Waals surface area contributed by atoms with Crippen molar-refractivity contribution in [2.24, 2.45) is 0 Å². The summed E-state index contributed by atoms with van der Waals surface area (Å²) in [4.78, 5) is 22.7. The van der Waals surface area contributed by atoms with Gasteiger partial charge in [-0.1, -0.05) is 121 Å². The van der Waals surface area contributed by atoms with E-state index >= 15 is 0 Å². The second kappa shape index (κ2) is 14.2. The highest BCUT2D eigenvalue weighted by Crippen LogP contribution is 2.58. The summed E-state index contributed by atoms with van der Waals surface area (Å²) in [5, 5.41) is 8.62. The SMILES string of the molecule is c1cc(-c2ccc3ccc4cccnc4c3n2)cc(C2(c3cccc(-c4ccc5ccc6cccnc6c5n4)c3)c3cc(-c4cccs4)ccc3-c3ccc(-c4cccs4)cc32)c1. The van der Waals surface area contributed by atoms with Crippen molar-refractivity contribution < 1.29 is 0 Å². The number of fused-ring (bicyclic) bond motifs is 9. The van der Waals surface area contributed by atoms with E-state index in [2.05, 4.69) is 181 Å². The number of benzene rings is 6. The van der Waals surface area contributed by atoms with Gasteiger partial charge in [-0.25, -0.2) is 9.97 Å². The third-order valence-corrected chi connectivity index (χ3v) is 14.6. The smallest absolute Gasteiger partial charge is 0.0972 e. The Hall–Kier alpha value is -7.64. The molecule has 294 valence electrons. The normalized spacial score (nSPS) is 12.9. The predicted molar refractivity (Wildman–Crippen MR) is 262 cm³/mol. The highest BCUT2D eigenvalue weighted by Gasteiger charge is 2.47. The van der Waals surface area contributed by atoms with E-state index < -0.39 is 5.41 Å². The van der Waals surface area contributed by atoms with Gasteiger partial charge < -0.3 is 0 Å². The van der Waals surface area contributed by atoms with Gasteiger partial charge in [0, 0.05) is 54.8 Å². The van der Waals surface area contributed by atoms with Gasteiger partial charge in [0.15, 0.2) is 0 Å². The highest BCUT2D eigenvalue weighted by molar-refractivity contribution is 7.13. The zero-order chi connectivity index (χ0) is 41.5. The van der Waals surface area contributed by atoms with Gasteiger partial charge in [0.05, 0.1) is 38.9 Å². The maximum Gasteiger partial charge on any atom is 0.0972 e. The fourth-order valence-electron chi connectivity index (χ4n) is 9.90. The molecule has 0 aliphatic heterocycles. The van der Waals surface area contributed by atoms with Crippen LogP contribution >= 0.6 is 22.7 Å². The molecule has 0 saturated heterocycles. The van der Waals surface area contributed by atoms with Gasteiger partial charge in [-0.05, 0) is 116 Å². The van der Waals surface area contributed by atoms with Crippen LogP contribution < -0.4 is 0 Å². The zero-order valence-corrected chi connectivity index (χ0v) is 35.4. The summed E-state index contributed by atoms with van der Waals surface area (Å²) in [5.74, 6) is 0. The van der Waals surface area contributed by atoms with Crippen molar-refractivity contribution in [3.05, 3.63) is 227 Å². The lowest BCUT2D eigenvalue weighted by molar-refractivity contribution is 0.769. The monoisotopic (exact) mass is 838 g/mol. The Morgan fingerprint density at radius 3 is 1.27 bits per heavy atom. The first-order chi connectivity index (χ1) is 31.2. The number of rotatable bonds is 6. The molecule has 0 unspecified atom stereocenters. The van der Waals surface area contributed by atoms with E-state index in [-0.39, 0.29) is 0 Å². The van der Waals surface area contributed by atoms with Crippen LogP contribution in [-0.2, 0) is 5.41 Å². The summed E-state index contributed by atoms with van der Waals surface area (Å²) in [5.41, 5.74) is 16.6. The third kappa shape index (κ3) is 5.65. The second-order valence-electron chi connectivity index (χ2n) is 16.2. The standard InChI is InChI=1S/C57H34N4S2/c1-7-39(49-25-21-37-17-15-35-9-3-27-58-53(35)55(37)60-49)31-43(11-1)57(44-12-2-8-40(32-44)50-26-22-38-18-16-36-10-4-28-59-54(36)56(38)61-50)47-33-41(51-13-5-29-62-51)19-23-45(47)46-24-20-42(34-48(46)57)52-14-6-30-63-52/h1-34H. The molecule has 6 heteroatoms. The van der Waals surface area contributed by atoms with Crippen LogP contribution in [0.2, 0.25) is 0 Å². The first kappa shape index (κ1) is 36.1. The number of hydrogen-bond acceptors (Lipinski definition) is 6. The maximum atomic E-state index is 5.35. The Morgan fingerprint density at radius 1 is 0.349 bits per heavy atom. The Labute approximate surface area is 371 Å². The molecule has 6 heterocycles. The van der Waals surface area contributed by atoms with Crippen LogP contribution in [-0.4, -0.2) is 19.9 Å². The molecule has 0 radical (unpaired) electrons. The van der Waals surface area contributed by atoms with Gasteiger partial charge in [0.1, 0.15) is 0 Å². The van der Waals surface area contributed by atoms with E-state index in [0.29, 0.717) is 0 Å². The average Bonchev–Trinajstić information content (AvgIpc) is 4.15. The molecule has 0 bridgehead atoms. The molecule has 12 aromatic rings. The first-order valence-corrected chi connectivity index (χ1v) is 22.8. The number of pyridine rings is 4. The van der Waals surface area contributed by atoms with Gasteiger partial charge in [-0.2, -0.15) is 0 Å². The predicted octanol–water partition coefficient (Wildman–Crippen LogP) is 15.0. The Morgan fingerprint density at radius 2 is 0.810 bits per heavy atom. The summed E-state index contributed by atoms with van der Waals surface area (Å²) in [7, 11) is 0. The molecule has 63 heavy (non-hydrogen) atoms. The van der Waals surface area contributed by atoms with Crippen molar-refractivity contribution in [2.75, 3.05) is 0 Å². The van der Waals surface area contributed by atoms with Crippen LogP contribution in [0.25, 0.3) is 98.1 Å². The molecule has 0 spiro atoms. The molecule has 0 N–H and O–H groups in total. The lowest BCUT2D eigenvalue weighted by Gasteiger charge is -2.35. The van der Waals surface area contributed by atoms with Crippen LogP contribution in [0.15, 0.2) is 205 Å². The average molecular weight is 839 g/mol. The Balaban J connectivity index is 1.09. The van der Waals surface area contributed by atoms with Gasteiger partial charge in [0.25, 0.3) is 0 Å². The summed E-state index contributed by atoms with van der Waals surface area (Å²) in [6.45, 7) is 0. The summed E-state index contributed by atoms with van der Waals surface area (Å²) in [6, 6.07) is 66.4. The second-order valence-corrected chi connectivity index (χ2v) is 18.1. The molecule has 1 aliphatic rings. The van der Waals surface area contributed by atoms with Gasteiger partial charge in [-0.15, -0.1) is 22.7 Å². The van der Waals surface area contributed by atoms with E-state index in [1.165, 1.54) is 54.3 Å². The number of nitrogens with zero attached hydrogens (tertiary/aromatic N) is 4. The van der Waals surface area contributed by atoms with Crippen LogP contribution in [0.3, 0.4) is 0 Å². The van der Waals surface area contributed by atoms with Crippen LogP contribution in [0.1, 0.15) is 22.3 Å². The van der Waals surface area contributed by atoms with Crippen molar-refractivity contribution in [3.8, 4) is 54.5 Å².